The third kappa shape index (κ3) is 4.29. The Morgan fingerprint density at radius 3 is 2.30 bits per heavy atom. The maximum absolute atomic E-state index is 14.1. The summed E-state index contributed by atoms with van der Waals surface area (Å²) >= 11 is 0. The number of primary amides is 1. The molecule has 0 aromatic heterocycles. The van der Waals surface area contributed by atoms with E-state index in [-0.39, 0.29) is 29.7 Å². The minimum absolute atomic E-state index is 0.0256. The zero-order chi connectivity index (χ0) is 30.1. The normalized spacial score (nSPS) is 26.4. The van der Waals surface area contributed by atoms with Crippen molar-refractivity contribution < 1.29 is 34.8 Å². The number of benzene rings is 1. The lowest BCUT2D eigenvalue weighted by atomic mass is 9.58. The topological polar surface area (TPSA) is 165 Å². The molecule has 0 fully saturated rings. The number of amides is 1. The van der Waals surface area contributed by atoms with Gasteiger partial charge in [-0.15, -0.1) is 0 Å². The third-order valence-electron chi connectivity index (χ3n) is 8.15. The van der Waals surface area contributed by atoms with Gasteiger partial charge in [0.25, 0.3) is 5.91 Å². The summed E-state index contributed by atoms with van der Waals surface area (Å²) in [7, 11) is 6.96. The highest BCUT2D eigenvalue weighted by Crippen LogP contribution is 2.53. The van der Waals surface area contributed by atoms with Crippen LogP contribution in [-0.2, 0) is 21.4 Å². The number of aliphatic hydroxyl groups is 3. The summed E-state index contributed by atoms with van der Waals surface area (Å²) in [6.45, 7) is 6.13. The highest BCUT2D eigenvalue weighted by atomic mass is 16.3. The first-order valence-corrected chi connectivity index (χ1v) is 13.1. The molecule has 0 spiro atoms. The molecule has 214 valence electrons. The maximum atomic E-state index is 14.1. The number of hydrogen-bond donors (Lipinski definition) is 5. The van der Waals surface area contributed by atoms with Gasteiger partial charge in [-0.05, 0) is 64.0 Å². The molecule has 4 unspecified atom stereocenters. The van der Waals surface area contributed by atoms with E-state index in [1.807, 2.05) is 39.8 Å². The van der Waals surface area contributed by atoms with Crippen molar-refractivity contribution >= 4 is 17.5 Å². The van der Waals surface area contributed by atoms with Gasteiger partial charge >= 0.3 is 0 Å². The molecule has 0 bridgehead atoms. The van der Waals surface area contributed by atoms with E-state index in [0.29, 0.717) is 23.2 Å². The molecule has 4 atom stereocenters. The molecule has 1 aromatic rings. The Morgan fingerprint density at radius 1 is 1.15 bits per heavy atom. The van der Waals surface area contributed by atoms with Crippen LogP contribution >= 0.6 is 0 Å². The van der Waals surface area contributed by atoms with Gasteiger partial charge in [0.2, 0.25) is 5.78 Å². The van der Waals surface area contributed by atoms with Crippen LogP contribution in [0.5, 0.6) is 5.75 Å². The molecule has 40 heavy (non-hydrogen) atoms. The van der Waals surface area contributed by atoms with Crippen LogP contribution in [0, 0.1) is 23.7 Å². The zero-order valence-corrected chi connectivity index (χ0v) is 23.9. The fourth-order valence-corrected chi connectivity index (χ4v) is 6.29. The molecule has 1 amide bonds. The van der Waals surface area contributed by atoms with E-state index in [0.717, 1.165) is 0 Å². The van der Waals surface area contributed by atoms with Gasteiger partial charge in [0.1, 0.15) is 22.8 Å². The monoisotopic (exact) mass is 551 g/mol. The second kappa shape index (κ2) is 9.77. The van der Waals surface area contributed by atoms with E-state index in [9.17, 15) is 34.8 Å². The highest BCUT2D eigenvalue weighted by molar-refractivity contribution is 6.24. The van der Waals surface area contributed by atoms with Gasteiger partial charge in [-0.3, -0.25) is 24.2 Å². The van der Waals surface area contributed by atoms with Crippen molar-refractivity contribution in [2.75, 3.05) is 34.7 Å². The van der Waals surface area contributed by atoms with Gasteiger partial charge in [0.15, 0.2) is 11.4 Å². The number of nitrogens with two attached hydrogens (primary N) is 1. The Bertz CT molecular complexity index is 1450. The number of hydrogen-bond acceptors (Lipinski definition) is 9. The number of ketones is 2. The van der Waals surface area contributed by atoms with E-state index in [1.165, 1.54) is 4.90 Å². The molecule has 4 rings (SSSR count). The van der Waals surface area contributed by atoms with E-state index in [1.54, 1.807) is 20.2 Å². The predicted molar refractivity (Wildman–Crippen MR) is 148 cm³/mol. The number of fused-ring (bicyclic) bond motifs is 3. The van der Waals surface area contributed by atoms with Crippen LogP contribution in [0.15, 0.2) is 28.7 Å². The second-order valence-electron chi connectivity index (χ2n) is 12.4. The first kappa shape index (κ1) is 29.3. The summed E-state index contributed by atoms with van der Waals surface area (Å²) in [5.74, 6) is -0.442. The summed E-state index contributed by atoms with van der Waals surface area (Å²) in [4.78, 5) is 43.1. The zero-order valence-electron chi connectivity index (χ0n) is 23.9. The van der Waals surface area contributed by atoms with Crippen LogP contribution in [0.2, 0.25) is 0 Å². The lowest BCUT2D eigenvalue weighted by molar-refractivity contribution is -0.148. The number of nitrogens with zero attached hydrogens (tertiary/aromatic N) is 2. The molecule has 3 aliphatic rings. The van der Waals surface area contributed by atoms with Crippen LogP contribution in [0.1, 0.15) is 54.2 Å². The Hall–Kier alpha value is -3.65. The van der Waals surface area contributed by atoms with Gasteiger partial charge in [0, 0.05) is 22.6 Å². The first-order chi connectivity index (χ1) is 18.4. The maximum Gasteiger partial charge on any atom is 0.255 e. The predicted octanol–water partition coefficient (Wildman–Crippen LogP) is 1.33. The van der Waals surface area contributed by atoms with Crippen molar-refractivity contribution in [3.05, 3.63) is 51.0 Å². The van der Waals surface area contributed by atoms with Crippen molar-refractivity contribution in [3.8, 4) is 17.6 Å². The van der Waals surface area contributed by atoms with Crippen LogP contribution in [0.3, 0.4) is 0 Å². The summed E-state index contributed by atoms with van der Waals surface area (Å²) in [6.07, 6.45) is 0.219. The number of likely N-dealkylation sites (N-methyl/N-ethyl adjacent to an activating group) is 1. The lowest BCUT2D eigenvalue weighted by Gasteiger charge is -2.50. The molecule has 0 aliphatic heterocycles. The number of aliphatic hydroxyl groups excluding tert-OH is 2. The first-order valence-electron chi connectivity index (χ1n) is 13.1. The van der Waals surface area contributed by atoms with Crippen molar-refractivity contribution in [1.29, 1.82) is 0 Å². The Kier molecular flexibility index (Phi) is 7.16. The van der Waals surface area contributed by atoms with Crippen molar-refractivity contribution in [1.82, 2.24) is 9.80 Å². The third-order valence-corrected chi connectivity index (χ3v) is 8.15. The smallest absolute Gasteiger partial charge is 0.255 e. The van der Waals surface area contributed by atoms with Crippen LogP contribution < -0.4 is 5.73 Å². The highest BCUT2D eigenvalue weighted by Gasteiger charge is 2.63. The largest absolute Gasteiger partial charge is 0.510 e. The van der Waals surface area contributed by atoms with Gasteiger partial charge < -0.3 is 26.2 Å². The number of phenols is 1. The van der Waals surface area contributed by atoms with Crippen LogP contribution in [-0.4, -0.2) is 94.1 Å². The van der Waals surface area contributed by atoms with Crippen LogP contribution in [0.4, 0.5) is 0 Å². The van der Waals surface area contributed by atoms with E-state index < -0.39 is 63.5 Å². The fourth-order valence-electron chi connectivity index (χ4n) is 6.29. The molecule has 0 radical (unpaired) electrons. The summed E-state index contributed by atoms with van der Waals surface area (Å²) in [5, 5.41) is 45.5. The average Bonchev–Trinajstić information content (AvgIpc) is 2.81. The number of aromatic hydroxyl groups is 1. The SMILES string of the molecule is CN(C)CC#Cc1cc(C(C)(C)C)c(O)c2c1CC1CC3C(N(C)C)C(O)=C(C(N)=O)C(=O)C3(O)C(O)=C1C2=O. The number of Topliss-reactive ketones (excluding diaryl/α,β-unsaturated/α-hetero) is 2. The number of phenolic OH excluding ortho intramolecular Hbond substituents is 1. The summed E-state index contributed by atoms with van der Waals surface area (Å²) in [5.41, 5.74) is 2.71. The molecule has 3 aliphatic carbocycles. The number of carbonyl (C=O) groups is 3. The molecule has 0 saturated carbocycles. The Morgan fingerprint density at radius 2 is 1.77 bits per heavy atom. The quantitative estimate of drug-likeness (QED) is 0.275. The van der Waals surface area contributed by atoms with Crippen molar-refractivity contribution in [2.45, 2.75) is 50.7 Å². The molecular formula is C30H37N3O7. The lowest BCUT2D eigenvalue weighted by Crippen LogP contribution is -2.63. The second-order valence-corrected chi connectivity index (χ2v) is 12.4. The standard InChI is InChI=1S/C30H37N3O7/c1-29(2,3)18-12-14(9-8-10-32(4)5)16-11-15-13-17-22(33(6)7)25(36)21(28(31)39)27(38)30(17,40)26(37)19(15)24(35)20(16)23(18)34/h12,15,17,22,34,36-37,40H,10-11,13H2,1-7H3,(H2,31,39). The molecule has 10 nitrogen and oxygen atoms in total. The van der Waals surface area contributed by atoms with Gasteiger partial charge in [-0.25, -0.2) is 0 Å². The van der Waals surface area contributed by atoms with Crippen molar-refractivity contribution in [2.24, 2.45) is 17.6 Å². The number of allylic oxidation sites excluding steroid dienone is 1. The van der Waals surface area contributed by atoms with Gasteiger partial charge in [0.05, 0.1) is 18.2 Å². The van der Waals surface area contributed by atoms with E-state index in [4.69, 9.17) is 5.73 Å². The van der Waals surface area contributed by atoms with E-state index in [2.05, 4.69) is 11.8 Å². The average molecular weight is 552 g/mol. The van der Waals surface area contributed by atoms with Crippen molar-refractivity contribution in [3.63, 3.8) is 0 Å². The molecular weight excluding hydrogens is 514 g/mol. The Labute approximate surface area is 233 Å². The number of carbonyl (C=O) groups excluding carboxylic acids is 3. The van der Waals surface area contributed by atoms with E-state index >= 15 is 0 Å². The van der Waals surface area contributed by atoms with Gasteiger partial charge in [-0.1, -0.05) is 32.6 Å². The molecule has 0 saturated heterocycles. The van der Waals surface area contributed by atoms with Gasteiger partial charge in [-0.2, -0.15) is 0 Å². The molecule has 10 heteroatoms. The minimum Gasteiger partial charge on any atom is -0.510 e. The fraction of sp³-hybridized carbons (Fsp3) is 0.500. The van der Waals surface area contributed by atoms with Crippen LogP contribution in [0.25, 0.3) is 0 Å². The summed E-state index contributed by atoms with van der Waals surface area (Å²) < 4.78 is 0. The molecule has 1 aromatic carbocycles. The minimum atomic E-state index is -2.67. The summed E-state index contributed by atoms with van der Waals surface area (Å²) in [6, 6.07) is 0.750. The molecule has 6 N–H and O–H groups in total. The number of rotatable bonds is 3. The molecule has 0 heterocycles. The Balaban J connectivity index is 1.99.